The second-order valence-electron chi connectivity index (χ2n) is 5.39. The van der Waals surface area contributed by atoms with Crippen LogP contribution in [-0.4, -0.2) is 17.4 Å². The number of nitro benzene ring substituents is 1. The molecule has 23 heavy (non-hydrogen) atoms. The molecule has 2 aromatic rings. The number of aryl methyl sites for hydroxylation is 1. The molecule has 0 saturated carbocycles. The summed E-state index contributed by atoms with van der Waals surface area (Å²) in [5.74, 6) is -0.0569. The van der Waals surface area contributed by atoms with Gasteiger partial charge in [-0.3, -0.25) is 14.9 Å². The average molecular weight is 312 g/mol. The lowest BCUT2D eigenvalue weighted by Crippen LogP contribution is -2.26. The highest BCUT2D eigenvalue weighted by Crippen LogP contribution is 2.12. The molecule has 0 bridgehead atoms. The lowest BCUT2D eigenvalue weighted by atomic mass is 10.1. The van der Waals surface area contributed by atoms with Crippen LogP contribution in [0.3, 0.4) is 0 Å². The number of non-ortho nitro benzene ring substituents is 1. The van der Waals surface area contributed by atoms with E-state index >= 15 is 0 Å². The first-order valence-corrected chi connectivity index (χ1v) is 7.69. The van der Waals surface area contributed by atoms with Crippen molar-refractivity contribution < 1.29 is 9.72 Å². The van der Waals surface area contributed by atoms with Gasteiger partial charge in [0.1, 0.15) is 0 Å². The van der Waals surface area contributed by atoms with Crippen LogP contribution in [0.5, 0.6) is 0 Å². The van der Waals surface area contributed by atoms with Crippen molar-refractivity contribution in [3.05, 3.63) is 75.8 Å². The summed E-state index contributed by atoms with van der Waals surface area (Å²) in [5, 5.41) is 13.4. The average Bonchev–Trinajstić information content (AvgIpc) is 2.56. The summed E-state index contributed by atoms with van der Waals surface area (Å²) in [7, 11) is 0. The number of nitro groups is 1. The van der Waals surface area contributed by atoms with Gasteiger partial charge in [0.05, 0.1) is 11.3 Å². The minimum absolute atomic E-state index is 0.0371. The van der Waals surface area contributed by atoms with Crippen molar-refractivity contribution in [3.63, 3.8) is 0 Å². The molecular weight excluding hydrogens is 292 g/mol. The first-order chi connectivity index (χ1) is 11.1. The van der Waals surface area contributed by atoms with Gasteiger partial charge in [0.25, 0.3) is 5.69 Å². The van der Waals surface area contributed by atoms with Gasteiger partial charge in [-0.25, -0.2) is 0 Å². The Balaban J connectivity index is 1.64. The van der Waals surface area contributed by atoms with Crippen LogP contribution in [-0.2, 0) is 17.6 Å². The SMILES string of the molecule is O=C(Cc1ccc([N+](=O)[O-])cc1)NCCCCc1ccccc1. The van der Waals surface area contributed by atoms with Crippen LogP contribution in [0.4, 0.5) is 5.69 Å². The minimum atomic E-state index is -0.448. The van der Waals surface area contributed by atoms with Gasteiger partial charge in [0.2, 0.25) is 5.91 Å². The Bertz CT molecular complexity index is 639. The molecule has 5 heteroatoms. The topological polar surface area (TPSA) is 72.2 Å². The van der Waals surface area contributed by atoms with Gasteiger partial charge in [0.15, 0.2) is 0 Å². The smallest absolute Gasteiger partial charge is 0.269 e. The minimum Gasteiger partial charge on any atom is -0.356 e. The summed E-state index contributed by atoms with van der Waals surface area (Å²) in [6, 6.07) is 16.3. The number of hydrogen-bond donors (Lipinski definition) is 1. The molecule has 2 rings (SSSR count). The van der Waals surface area contributed by atoms with Crippen molar-refractivity contribution >= 4 is 11.6 Å². The first kappa shape index (κ1) is 16.7. The number of carbonyl (C=O) groups excluding carboxylic acids is 1. The molecule has 0 saturated heterocycles. The van der Waals surface area contributed by atoms with Gasteiger partial charge in [-0.15, -0.1) is 0 Å². The van der Waals surface area contributed by atoms with Gasteiger partial charge in [-0.05, 0) is 30.4 Å². The van der Waals surface area contributed by atoms with Crippen LogP contribution in [0.1, 0.15) is 24.0 Å². The molecule has 0 aromatic heterocycles. The van der Waals surface area contributed by atoms with Crippen LogP contribution in [0, 0.1) is 10.1 Å². The van der Waals surface area contributed by atoms with E-state index in [4.69, 9.17) is 0 Å². The zero-order valence-electron chi connectivity index (χ0n) is 12.9. The third kappa shape index (κ3) is 5.90. The normalized spacial score (nSPS) is 10.3. The molecule has 1 N–H and O–H groups in total. The van der Waals surface area contributed by atoms with E-state index in [1.807, 2.05) is 18.2 Å². The molecule has 5 nitrogen and oxygen atoms in total. The molecule has 0 heterocycles. The zero-order chi connectivity index (χ0) is 16.5. The summed E-state index contributed by atoms with van der Waals surface area (Å²) in [6.45, 7) is 0.651. The van der Waals surface area contributed by atoms with E-state index in [9.17, 15) is 14.9 Å². The van der Waals surface area contributed by atoms with E-state index in [-0.39, 0.29) is 18.0 Å². The van der Waals surface area contributed by atoms with E-state index in [0.717, 1.165) is 24.8 Å². The molecule has 0 fully saturated rings. The Hall–Kier alpha value is -2.69. The molecule has 0 aliphatic rings. The molecule has 0 aliphatic heterocycles. The van der Waals surface area contributed by atoms with E-state index in [1.54, 1.807) is 12.1 Å². The van der Waals surface area contributed by atoms with Crippen molar-refractivity contribution in [1.29, 1.82) is 0 Å². The van der Waals surface area contributed by atoms with Crippen molar-refractivity contribution in [1.82, 2.24) is 5.32 Å². The monoisotopic (exact) mass is 312 g/mol. The van der Waals surface area contributed by atoms with Crippen molar-refractivity contribution in [2.75, 3.05) is 6.54 Å². The number of nitrogens with zero attached hydrogens (tertiary/aromatic N) is 1. The van der Waals surface area contributed by atoms with E-state index in [2.05, 4.69) is 17.4 Å². The molecule has 0 atom stereocenters. The molecule has 2 aromatic carbocycles. The van der Waals surface area contributed by atoms with Gasteiger partial charge in [-0.1, -0.05) is 42.5 Å². The summed E-state index contributed by atoms with van der Waals surface area (Å²) >= 11 is 0. The summed E-state index contributed by atoms with van der Waals surface area (Å²) in [5.41, 5.74) is 2.12. The number of nitrogens with one attached hydrogen (secondary N) is 1. The van der Waals surface area contributed by atoms with E-state index in [1.165, 1.54) is 17.7 Å². The second kappa shape index (κ2) is 8.68. The summed E-state index contributed by atoms with van der Waals surface area (Å²) in [4.78, 5) is 21.9. The van der Waals surface area contributed by atoms with Crippen LogP contribution in [0.15, 0.2) is 54.6 Å². The highest BCUT2D eigenvalue weighted by atomic mass is 16.6. The number of amides is 1. The van der Waals surface area contributed by atoms with Gasteiger partial charge in [0, 0.05) is 18.7 Å². The lowest BCUT2D eigenvalue weighted by Gasteiger charge is -2.05. The maximum atomic E-state index is 11.8. The zero-order valence-corrected chi connectivity index (χ0v) is 12.9. The standard InChI is InChI=1S/C18H20N2O3/c21-18(14-16-9-11-17(12-10-16)20(22)23)19-13-5-4-8-15-6-2-1-3-7-15/h1-3,6-7,9-12H,4-5,8,13-14H2,(H,19,21). The molecule has 0 spiro atoms. The predicted octanol–water partition coefficient (Wildman–Crippen LogP) is 3.28. The lowest BCUT2D eigenvalue weighted by molar-refractivity contribution is -0.384. The molecule has 120 valence electrons. The number of unbranched alkanes of at least 4 members (excludes halogenated alkanes) is 1. The Labute approximate surface area is 135 Å². The molecule has 1 amide bonds. The Kier molecular flexibility index (Phi) is 6.29. The molecule has 0 radical (unpaired) electrons. The van der Waals surface area contributed by atoms with Crippen molar-refractivity contribution in [2.24, 2.45) is 0 Å². The largest absolute Gasteiger partial charge is 0.356 e. The number of hydrogen-bond acceptors (Lipinski definition) is 3. The van der Waals surface area contributed by atoms with Gasteiger partial charge < -0.3 is 5.32 Å². The van der Waals surface area contributed by atoms with E-state index in [0.29, 0.717) is 6.54 Å². The van der Waals surface area contributed by atoms with Gasteiger partial charge >= 0.3 is 0 Å². The van der Waals surface area contributed by atoms with Crippen LogP contribution < -0.4 is 5.32 Å². The van der Waals surface area contributed by atoms with Crippen LogP contribution >= 0.6 is 0 Å². The highest BCUT2D eigenvalue weighted by Gasteiger charge is 2.07. The predicted molar refractivity (Wildman–Crippen MR) is 89.2 cm³/mol. The fraction of sp³-hybridized carbons (Fsp3) is 0.278. The Morgan fingerprint density at radius 3 is 2.30 bits per heavy atom. The summed E-state index contributed by atoms with van der Waals surface area (Å²) < 4.78 is 0. The fourth-order valence-corrected chi connectivity index (χ4v) is 2.31. The quantitative estimate of drug-likeness (QED) is 0.462. The first-order valence-electron chi connectivity index (χ1n) is 7.69. The third-order valence-corrected chi connectivity index (χ3v) is 3.57. The molecular formula is C18H20N2O3. The Morgan fingerprint density at radius 1 is 0.957 bits per heavy atom. The number of carbonyl (C=O) groups is 1. The molecule has 0 unspecified atom stereocenters. The van der Waals surface area contributed by atoms with E-state index < -0.39 is 4.92 Å². The maximum absolute atomic E-state index is 11.8. The Morgan fingerprint density at radius 2 is 1.65 bits per heavy atom. The highest BCUT2D eigenvalue weighted by molar-refractivity contribution is 5.78. The second-order valence-corrected chi connectivity index (χ2v) is 5.39. The number of rotatable bonds is 8. The van der Waals surface area contributed by atoms with Crippen LogP contribution in [0.25, 0.3) is 0 Å². The molecule has 0 aliphatic carbocycles. The van der Waals surface area contributed by atoms with Crippen LogP contribution in [0.2, 0.25) is 0 Å². The maximum Gasteiger partial charge on any atom is 0.269 e. The summed E-state index contributed by atoms with van der Waals surface area (Å²) in [6.07, 6.45) is 3.22. The number of benzene rings is 2. The fourth-order valence-electron chi connectivity index (χ4n) is 2.31. The van der Waals surface area contributed by atoms with Gasteiger partial charge in [-0.2, -0.15) is 0 Å². The van der Waals surface area contributed by atoms with Crippen molar-refractivity contribution in [3.8, 4) is 0 Å². The van der Waals surface area contributed by atoms with Crippen molar-refractivity contribution in [2.45, 2.75) is 25.7 Å². The third-order valence-electron chi connectivity index (χ3n) is 3.57.